The van der Waals surface area contributed by atoms with Gasteiger partial charge in [0.15, 0.2) is 0 Å². The molecule has 0 bridgehead atoms. The summed E-state index contributed by atoms with van der Waals surface area (Å²) in [6.07, 6.45) is 6.18. The Labute approximate surface area is 207 Å². The van der Waals surface area contributed by atoms with E-state index in [0.29, 0.717) is 31.8 Å². The molecule has 0 spiro atoms. The van der Waals surface area contributed by atoms with E-state index in [4.69, 9.17) is 4.74 Å². The van der Waals surface area contributed by atoms with Gasteiger partial charge in [-0.25, -0.2) is 0 Å². The predicted molar refractivity (Wildman–Crippen MR) is 138 cm³/mol. The van der Waals surface area contributed by atoms with E-state index >= 15 is 0 Å². The normalized spacial score (nSPS) is 17.1. The number of nitrogens with one attached hydrogen (secondary N) is 1. The maximum absolute atomic E-state index is 13.1. The van der Waals surface area contributed by atoms with Gasteiger partial charge in [0.25, 0.3) is 0 Å². The fourth-order valence-electron chi connectivity index (χ4n) is 5.60. The van der Waals surface area contributed by atoms with Crippen LogP contribution in [0.4, 0.5) is 0 Å². The Kier molecular flexibility index (Phi) is 7.07. The number of hydrogen-bond donors (Lipinski definition) is 1. The lowest BCUT2D eigenvalue weighted by Gasteiger charge is -2.35. The first-order chi connectivity index (χ1) is 17.1. The molecular formula is C29H35N3O3. The second-order valence-electron chi connectivity index (χ2n) is 9.79. The molecule has 0 aliphatic carbocycles. The number of likely N-dealkylation sites (tertiary alicyclic amines) is 2. The number of carbonyl (C=O) groups excluding carboxylic acids is 2. The summed E-state index contributed by atoms with van der Waals surface area (Å²) in [4.78, 5) is 33.6. The van der Waals surface area contributed by atoms with Crippen LogP contribution in [0.1, 0.15) is 44.1 Å². The molecule has 2 aliphatic heterocycles. The van der Waals surface area contributed by atoms with Crippen LogP contribution in [0.5, 0.6) is 5.75 Å². The second kappa shape index (κ2) is 10.5. The first-order valence-electron chi connectivity index (χ1n) is 12.9. The van der Waals surface area contributed by atoms with Crippen LogP contribution in [0.25, 0.3) is 22.2 Å². The molecule has 184 valence electrons. The monoisotopic (exact) mass is 473 g/mol. The molecule has 0 atom stereocenters. The molecule has 1 N–H and O–H groups in total. The molecule has 5 rings (SSSR count). The van der Waals surface area contributed by atoms with Crippen LogP contribution in [0.15, 0.2) is 48.5 Å². The van der Waals surface area contributed by atoms with Crippen molar-refractivity contribution in [2.75, 3.05) is 33.3 Å². The van der Waals surface area contributed by atoms with Crippen molar-refractivity contribution in [1.82, 2.24) is 14.8 Å². The number of aromatic amines is 1. The van der Waals surface area contributed by atoms with Crippen LogP contribution in [-0.2, 0) is 16.0 Å². The van der Waals surface area contributed by atoms with Crippen LogP contribution in [0.2, 0.25) is 0 Å². The Morgan fingerprint density at radius 2 is 1.63 bits per heavy atom. The third-order valence-electron chi connectivity index (χ3n) is 7.65. The molecule has 1 aromatic heterocycles. The number of para-hydroxylation sites is 1. The molecule has 6 nitrogen and oxygen atoms in total. The first-order valence-corrected chi connectivity index (χ1v) is 12.9. The maximum Gasteiger partial charge on any atom is 0.225 e. The molecule has 0 unspecified atom stereocenters. The SMILES string of the molecule is COc1ccc(-c2[nH]c3ccccc3c2CCC(=O)N2CCC(C(=O)N3CCCCC3)CC2)cc1. The van der Waals surface area contributed by atoms with E-state index in [1.807, 2.05) is 34.1 Å². The zero-order valence-corrected chi connectivity index (χ0v) is 20.6. The van der Waals surface area contributed by atoms with E-state index in [-0.39, 0.29) is 11.8 Å². The molecule has 2 saturated heterocycles. The van der Waals surface area contributed by atoms with E-state index in [9.17, 15) is 9.59 Å². The minimum atomic E-state index is 0.0763. The number of piperidine rings is 2. The lowest BCUT2D eigenvalue weighted by Crippen LogP contribution is -2.45. The average Bonchev–Trinajstić information content (AvgIpc) is 3.30. The quantitative estimate of drug-likeness (QED) is 0.546. The number of rotatable bonds is 6. The molecule has 2 fully saturated rings. The Morgan fingerprint density at radius 3 is 2.34 bits per heavy atom. The van der Waals surface area contributed by atoms with Crippen molar-refractivity contribution >= 4 is 22.7 Å². The number of carbonyl (C=O) groups is 2. The lowest BCUT2D eigenvalue weighted by molar-refractivity contribution is -0.141. The van der Waals surface area contributed by atoms with Crippen LogP contribution in [0.3, 0.4) is 0 Å². The maximum atomic E-state index is 13.1. The molecule has 6 heteroatoms. The number of benzene rings is 2. The number of ether oxygens (including phenoxy) is 1. The number of H-pyrrole nitrogens is 1. The summed E-state index contributed by atoms with van der Waals surface area (Å²) < 4.78 is 5.31. The third kappa shape index (κ3) is 5.07. The number of fused-ring (bicyclic) bond motifs is 1. The molecule has 35 heavy (non-hydrogen) atoms. The summed E-state index contributed by atoms with van der Waals surface area (Å²) in [7, 11) is 1.67. The fourth-order valence-corrected chi connectivity index (χ4v) is 5.60. The highest BCUT2D eigenvalue weighted by atomic mass is 16.5. The van der Waals surface area contributed by atoms with Gasteiger partial charge in [-0.2, -0.15) is 0 Å². The summed E-state index contributed by atoms with van der Waals surface area (Å²) >= 11 is 0. The molecule has 3 heterocycles. The van der Waals surface area contributed by atoms with E-state index in [2.05, 4.69) is 29.2 Å². The summed E-state index contributed by atoms with van der Waals surface area (Å²) in [6, 6.07) is 16.3. The number of aromatic nitrogens is 1. The molecule has 2 aliphatic rings. The predicted octanol–water partition coefficient (Wildman–Crippen LogP) is 5.03. The highest BCUT2D eigenvalue weighted by Crippen LogP contribution is 2.32. The number of nitrogens with zero attached hydrogens (tertiary/aromatic N) is 2. The van der Waals surface area contributed by atoms with Gasteiger partial charge < -0.3 is 19.5 Å². The van der Waals surface area contributed by atoms with Crippen molar-refractivity contribution in [2.24, 2.45) is 5.92 Å². The van der Waals surface area contributed by atoms with Crippen molar-refractivity contribution in [3.05, 3.63) is 54.1 Å². The largest absolute Gasteiger partial charge is 0.497 e. The van der Waals surface area contributed by atoms with E-state index in [1.165, 1.54) is 12.0 Å². The fraction of sp³-hybridized carbons (Fsp3) is 0.448. The number of amides is 2. The van der Waals surface area contributed by atoms with Crippen molar-refractivity contribution < 1.29 is 14.3 Å². The summed E-state index contributed by atoms with van der Waals surface area (Å²) in [5, 5.41) is 1.16. The molecule has 2 amide bonds. The Bertz CT molecular complexity index is 1170. The minimum absolute atomic E-state index is 0.0763. The Balaban J connectivity index is 1.24. The van der Waals surface area contributed by atoms with Gasteiger partial charge in [-0.15, -0.1) is 0 Å². The highest BCUT2D eigenvalue weighted by Gasteiger charge is 2.30. The third-order valence-corrected chi connectivity index (χ3v) is 7.65. The highest BCUT2D eigenvalue weighted by molar-refractivity contribution is 5.91. The van der Waals surface area contributed by atoms with Crippen LogP contribution >= 0.6 is 0 Å². The van der Waals surface area contributed by atoms with Crippen molar-refractivity contribution in [3.8, 4) is 17.0 Å². The van der Waals surface area contributed by atoms with Gasteiger partial charge in [0.2, 0.25) is 11.8 Å². The van der Waals surface area contributed by atoms with Gasteiger partial charge in [-0.3, -0.25) is 9.59 Å². The smallest absolute Gasteiger partial charge is 0.225 e. The topological polar surface area (TPSA) is 65.6 Å². The van der Waals surface area contributed by atoms with Gasteiger partial charge in [0.05, 0.1) is 7.11 Å². The minimum Gasteiger partial charge on any atom is -0.497 e. The van der Waals surface area contributed by atoms with E-state index in [1.54, 1.807) is 7.11 Å². The zero-order chi connectivity index (χ0) is 24.2. The first kappa shape index (κ1) is 23.5. The molecular weight excluding hydrogens is 438 g/mol. The van der Waals surface area contributed by atoms with Crippen molar-refractivity contribution in [3.63, 3.8) is 0 Å². The molecule has 0 saturated carbocycles. The average molecular weight is 474 g/mol. The van der Waals surface area contributed by atoms with Gasteiger partial charge >= 0.3 is 0 Å². The molecule has 3 aromatic rings. The van der Waals surface area contributed by atoms with Gasteiger partial charge in [0.1, 0.15) is 5.75 Å². The van der Waals surface area contributed by atoms with Crippen LogP contribution in [0, 0.1) is 5.92 Å². The van der Waals surface area contributed by atoms with Gasteiger partial charge in [-0.1, -0.05) is 18.2 Å². The summed E-state index contributed by atoms with van der Waals surface area (Å²) in [5.74, 6) is 1.38. The Morgan fingerprint density at radius 1 is 0.914 bits per heavy atom. The van der Waals surface area contributed by atoms with Gasteiger partial charge in [-0.05, 0) is 80.0 Å². The standard InChI is InChI=1S/C29H35N3O3/c1-35-23-11-9-21(10-12-23)28-25(24-7-3-4-8-26(24)30-28)13-14-27(33)31-19-15-22(16-20-31)29(34)32-17-5-2-6-18-32/h3-4,7-12,22,30H,2,5-6,13-20H2,1H3. The number of hydrogen-bond acceptors (Lipinski definition) is 3. The second-order valence-corrected chi connectivity index (χ2v) is 9.79. The van der Waals surface area contributed by atoms with E-state index < -0.39 is 0 Å². The van der Waals surface area contributed by atoms with Crippen molar-refractivity contribution in [2.45, 2.75) is 44.9 Å². The van der Waals surface area contributed by atoms with Crippen molar-refractivity contribution in [1.29, 1.82) is 0 Å². The van der Waals surface area contributed by atoms with Crippen LogP contribution in [-0.4, -0.2) is 59.9 Å². The summed E-state index contributed by atoms with van der Waals surface area (Å²) in [5.41, 5.74) is 4.40. The Hall–Kier alpha value is -3.28. The number of methoxy groups -OCH3 is 1. The molecule has 2 aromatic carbocycles. The lowest BCUT2D eigenvalue weighted by atomic mass is 9.93. The molecule has 0 radical (unpaired) electrons. The number of aryl methyl sites for hydroxylation is 1. The summed E-state index contributed by atoms with van der Waals surface area (Å²) in [6.45, 7) is 3.17. The van der Waals surface area contributed by atoms with Gasteiger partial charge in [0, 0.05) is 55.1 Å². The van der Waals surface area contributed by atoms with Crippen LogP contribution < -0.4 is 4.74 Å². The van der Waals surface area contributed by atoms with E-state index in [0.717, 1.165) is 66.7 Å². The zero-order valence-electron chi connectivity index (χ0n) is 20.6.